The number of aromatic nitrogens is 1. The third-order valence-electron chi connectivity index (χ3n) is 4.15. The summed E-state index contributed by atoms with van der Waals surface area (Å²) in [7, 11) is -3.21. The second kappa shape index (κ2) is 7.04. The number of carbonyl (C=O) groups is 1. The molecular weight excluding hydrogens is 334 g/mol. The molecule has 0 bridgehead atoms. The van der Waals surface area contributed by atoms with Crippen molar-refractivity contribution in [3.63, 3.8) is 0 Å². The summed E-state index contributed by atoms with van der Waals surface area (Å²) in [5.74, 6) is 0.268. The molecule has 1 unspecified atom stereocenters. The fraction of sp³-hybridized carbons (Fsp3) is 0.600. The molecule has 1 aromatic rings. The average Bonchev–Trinajstić information content (AvgIpc) is 3.07. The molecule has 2 fully saturated rings. The van der Waals surface area contributed by atoms with Crippen LogP contribution in [-0.4, -0.2) is 80.3 Å². The lowest BCUT2D eigenvalue weighted by Crippen LogP contribution is -2.50. The van der Waals surface area contributed by atoms with E-state index in [1.54, 1.807) is 23.2 Å². The van der Waals surface area contributed by atoms with Crippen LogP contribution in [-0.2, 0) is 14.8 Å². The standard InChI is InChI=1S/C15H21N3O5S/c1-24(20,21)18-7-5-17(6-8-18)15(19)12-2-4-16-14(10-12)23-13-3-9-22-11-13/h2,4,10,13H,3,5-9,11H2,1H3. The van der Waals surface area contributed by atoms with Crippen LogP contribution in [0.3, 0.4) is 0 Å². The highest BCUT2D eigenvalue weighted by atomic mass is 32.2. The largest absolute Gasteiger partial charge is 0.472 e. The first-order chi connectivity index (χ1) is 11.4. The third-order valence-corrected chi connectivity index (χ3v) is 5.46. The predicted molar refractivity (Wildman–Crippen MR) is 86.4 cm³/mol. The molecular formula is C15H21N3O5S. The molecule has 0 aliphatic carbocycles. The Hall–Kier alpha value is -1.71. The maximum absolute atomic E-state index is 12.6. The Balaban J connectivity index is 1.63. The van der Waals surface area contributed by atoms with Crippen molar-refractivity contribution in [3.05, 3.63) is 23.9 Å². The monoisotopic (exact) mass is 355 g/mol. The average molecular weight is 355 g/mol. The maximum atomic E-state index is 12.6. The summed E-state index contributed by atoms with van der Waals surface area (Å²) in [5.41, 5.74) is 0.492. The van der Waals surface area contributed by atoms with E-state index in [2.05, 4.69) is 4.98 Å². The number of carbonyl (C=O) groups excluding carboxylic acids is 1. The number of sulfonamides is 1. The van der Waals surface area contributed by atoms with Gasteiger partial charge in [0.1, 0.15) is 6.10 Å². The Bertz CT molecular complexity index is 695. The number of hydrogen-bond acceptors (Lipinski definition) is 6. The molecule has 0 radical (unpaired) electrons. The highest BCUT2D eigenvalue weighted by Crippen LogP contribution is 2.17. The quantitative estimate of drug-likeness (QED) is 0.753. The normalized spacial score (nSPS) is 22.5. The van der Waals surface area contributed by atoms with Gasteiger partial charge in [-0.3, -0.25) is 4.79 Å². The van der Waals surface area contributed by atoms with Crippen LogP contribution in [0.15, 0.2) is 18.3 Å². The molecule has 9 heteroatoms. The zero-order valence-electron chi connectivity index (χ0n) is 13.6. The Morgan fingerprint density at radius 2 is 2.08 bits per heavy atom. The van der Waals surface area contributed by atoms with Gasteiger partial charge < -0.3 is 14.4 Å². The van der Waals surface area contributed by atoms with Crippen LogP contribution in [0.1, 0.15) is 16.8 Å². The Kier molecular flexibility index (Phi) is 5.02. The number of pyridine rings is 1. The lowest BCUT2D eigenvalue weighted by molar-refractivity contribution is 0.0697. The molecule has 0 saturated carbocycles. The molecule has 8 nitrogen and oxygen atoms in total. The van der Waals surface area contributed by atoms with Crippen LogP contribution < -0.4 is 4.74 Å². The second-order valence-electron chi connectivity index (χ2n) is 5.94. The smallest absolute Gasteiger partial charge is 0.254 e. The van der Waals surface area contributed by atoms with Gasteiger partial charge in [-0.15, -0.1) is 0 Å². The fourth-order valence-corrected chi connectivity index (χ4v) is 3.62. The van der Waals surface area contributed by atoms with E-state index in [0.717, 1.165) is 6.42 Å². The second-order valence-corrected chi connectivity index (χ2v) is 7.92. The first-order valence-corrected chi connectivity index (χ1v) is 9.73. The molecule has 1 amide bonds. The minimum Gasteiger partial charge on any atom is -0.472 e. The number of nitrogens with zero attached hydrogens (tertiary/aromatic N) is 3. The molecule has 2 saturated heterocycles. The molecule has 0 aromatic carbocycles. The fourth-order valence-electron chi connectivity index (χ4n) is 2.79. The molecule has 2 aliphatic heterocycles. The first kappa shape index (κ1) is 17.1. The number of piperazine rings is 1. The van der Waals surface area contributed by atoms with Crippen molar-refractivity contribution in [1.82, 2.24) is 14.2 Å². The van der Waals surface area contributed by atoms with Gasteiger partial charge in [-0.25, -0.2) is 13.4 Å². The zero-order chi connectivity index (χ0) is 17.2. The molecule has 1 atom stereocenters. The summed E-state index contributed by atoms with van der Waals surface area (Å²) in [6, 6.07) is 3.27. The van der Waals surface area contributed by atoms with E-state index in [4.69, 9.17) is 9.47 Å². The van der Waals surface area contributed by atoms with E-state index < -0.39 is 10.0 Å². The van der Waals surface area contributed by atoms with Gasteiger partial charge in [0.25, 0.3) is 5.91 Å². The van der Waals surface area contributed by atoms with Gasteiger partial charge in [-0.05, 0) is 6.07 Å². The summed E-state index contributed by atoms with van der Waals surface area (Å²) in [4.78, 5) is 18.4. The number of hydrogen-bond donors (Lipinski definition) is 0. The minimum atomic E-state index is -3.21. The van der Waals surface area contributed by atoms with Gasteiger partial charge in [0, 0.05) is 50.4 Å². The van der Waals surface area contributed by atoms with Crippen molar-refractivity contribution < 1.29 is 22.7 Å². The predicted octanol–water partition coefficient (Wildman–Crippen LogP) is -0.0333. The van der Waals surface area contributed by atoms with Crippen molar-refractivity contribution in [2.75, 3.05) is 45.6 Å². The van der Waals surface area contributed by atoms with Crippen molar-refractivity contribution in [3.8, 4) is 5.88 Å². The van der Waals surface area contributed by atoms with Crippen molar-refractivity contribution in [2.45, 2.75) is 12.5 Å². The summed E-state index contributed by atoms with van der Waals surface area (Å²) in [6.45, 7) is 2.60. The highest BCUT2D eigenvalue weighted by Gasteiger charge is 2.27. The highest BCUT2D eigenvalue weighted by molar-refractivity contribution is 7.88. The van der Waals surface area contributed by atoms with Crippen LogP contribution >= 0.6 is 0 Å². The summed E-state index contributed by atoms with van der Waals surface area (Å²) in [6.07, 6.45) is 3.52. The SMILES string of the molecule is CS(=O)(=O)N1CCN(C(=O)c2ccnc(OC3CCOC3)c2)CC1. The number of ether oxygens (including phenoxy) is 2. The van der Waals surface area contributed by atoms with Crippen LogP contribution in [0, 0.1) is 0 Å². The summed E-state index contributed by atoms with van der Waals surface area (Å²) >= 11 is 0. The molecule has 1 aromatic heterocycles. The summed E-state index contributed by atoms with van der Waals surface area (Å²) in [5, 5.41) is 0. The maximum Gasteiger partial charge on any atom is 0.254 e. The lowest BCUT2D eigenvalue weighted by atomic mass is 10.2. The molecule has 132 valence electrons. The van der Waals surface area contributed by atoms with Gasteiger partial charge >= 0.3 is 0 Å². The summed E-state index contributed by atoms with van der Waals surface area (Å²) < 4.78 is 35.4. The minimum absolute atomic E-state index is 0.0267. The van der Waals surface area contributed by atoms with Gasteiger partial charge in [0.2, 0.25) is 15.9 Å². The first-order valence-electron chi connectivity index (χ1n) is 7.88. The number of rotatable bonds is 4. The zero-order valence-corrected chi connectivity index (χ0v) is 14.4. The van der Waals surface area contributed by atoms with Crippen LogP contribution in [0.4, 0.5) is 0 Å². The molecule has 0 N–H and O–H groups in total. The van der Waals surface area contributed by atoms with Crippen LogP contribution in [0.25, 0.3) is 0 Å². The van der Waals surface area contributed by atoms with Crippen molar-refractivity contribution in [2.24, 2.45) is 0 Å². The van der Waals surface area contributed by atoms with E-state index in [-0.39, 0.29) is 12.0 Å². The van der Waals surface area contributed by atoms with Gasteiger partial charge in [0.15, 0.2) is 0 Å². The Morgan fingerprint density at radius 3 is 2.71 bits per heavy atom. The molecule has 24 heavy (non-hydrogen) atoms. The number of amides is 1. The lowest BCUT2D eigenvalue weighted by Gasteiger charge is -2.33. The van der Waals surface area contributed by atoms with Gasteiger partial charge in [-0.1, -0.05) is 0 Å². The van der Waals surface area contributed by atoms with Crippen molar-refractivity contribution in [1.29, 1.82) is 0 Å². The van der Waals surface area contributed by atoms with Crippen molar-refractivity contribution >= 4 is 15.9 Å². The Labute approximate surface area is 141 Å². The van der Waals surface area contributed by atoms with Gasteiger partial charge in [-0.2, -0.15) is 4.31 Å². The van der Waals surface area contributed by atoms with Crippen LogP contribution in [0.2, 0.25) is 0 Å². The molecule has 2 aliphatic rings. The molecule has 0 spiro atoms. The van der Waals surface area contributed by atoms with Gasteiger partial charge in [0.05, 0.1) is 19.5 Å². The van der Waals surface area contributed by atoms with E-state index in [1.807, 2.05) is 0 Å². The Morgan fingerprint density at radius 1 is 1.33 bits per heavy atom. The topological polar surface area (TPSA) is 89.0 Å². The molecule has 3 heterocycles. The van der Waals surface area contributed by atoms with E-state index in [1.165, 1.54) is 10.6 Å². The van der Waals surface area contributed by atoms with E-state index in [9.17, 15) is 13.2 Å². The van der Waals surface area contributed by atoms with E-state index >= 15 is 0 Å². The molecule has 3 rings (SSSR count). The van der Waals surface area contributed by atoms with E-state index in [0.29, 0.717) is 50.8 Å². The third kappa shape index (κ3) is 4.03. The van der Waals surface area contributed by atoms with Crippen LogP contribution in [0.5, 0.6) is 5.88 Å².